The van der Waals surface area contributed by atoms with Crippen molar-refractivity contribution >= 4 is 39.5 Å². The standard InChI is InChI=1S/C19H13ClFN3OS/c20-13-3-7-15(8-4-13)22-18(25)9-16-11-26-19-23-17(10-24(16)19)12-1-5-14(21)6-2-12/h1-8,10-11H,9H2,(H,22,25). The van der Waals surface area contributed by atoms with Gasteiger partial charge in [0, 0.05) is 33.5 Å². The Kier molecular flexibility index (Phi) is 4.44. The van der Waals surface area contributed by atoms with Crippen LogP contribution in [0, 0.1) is 5.82 Å². The summed E-state index contributed by atoms with van der Waals surface area (Å²) in [6.45, 7) is 0. The average molecular weight is 386 g/mol. The summed E-state index contributed by atoms with van der Waals surface area (Å²) in [7, 11) is 0. The molecule has 0 unspecified atom stereocenters. The Hall–Kier alpha value is -2.70. The van der Waals surface area contributed by atoms with Crippen LogP contribution in [-0.2, 0) is 11.2 Å². The molecule has 0 fully saturated rings. The number of anilines is 1. The van der Waals surface area contributed by atoms with Crippen LogP contribution in [0.3, 0.4) is 0 Å². The van der Waals surface area contributed by atoms with Gasteiger partial charge in [0.15, 0.2) is 4.96 Å². The number of rotatable bonds is 4. The first-order valence-electron chi connectivity index (χ1n) is 7.85. The van der Waals surface area contributed by atoms with Crippen LogP contribution in [0.2, 0.25) is 5.02 Å². The van der Waals surface area contributed by atoms with Crippen LogP contribution in [0.25, 0.3) is 16.2 Å². The Labute approximate surface area is 157 Å². The minimum absolute atomic E-state index is 0.121. The van der Waals surface area contributed by atoms with Gasteiger partial charge in [-0.25, -0.2) is 9.37 Å². The lowest BCUT2D eigenvalue weighted by Gasteiger charge is -2.04. The van der Waals surface area contributed by atoms with Crippen molar-refractivity contribution in [1.82, 2.24) is 9.38 Å². The number of thiazole rings is 1. The molecule has 2 aromatic heterocycles. The van der Waals surface area contributed by atoms with Crippen molar-refractivity contribution in [3.05, 3.63) is 76.6 Å². The topological polar surface area (TPSA) is 46.4 Å². The van der Waals surface area contributed by atoms with E-state index in [1.54, 1.807) is 36.4 Å². The number of carbonyl (C=O) groups excluding carboxylic acids is 1. The summed E-state index contributed by atoms with van der Waals surface area (Å²) in [5.41, 5.74) is 3.12. The van der Waals surface area contributed by atoms with Gasteiger partial charge in [0.1, 0.15) is 5.82 Å². The molecule has 0 aliphatic rings. The van der Waals surface area contributed by atoms with Gasteiger partial charge >= 0.3 is 0 Å². The first kappa shape index (κ1) is 16.8. The van der Waals surface area contributed by atoms with E-state index in [4.69, 9.17) is 11.6 Å². The predicted octanol–water partition coefficient (Wildman–Crippen LogP) is 5.04. The SMILES string of the molecule is O=C(Cc1csc2nc(-c3ccc(F)cc3)cn12)Nc1ccc(Cl)cc1. The summed E-state index contributed by atoms with van der Waals surface area (Å²) in [5.74, 6) is -0.404. The van der Waals surface area contributed by atoms with Gasteiger partial charge in [0.25, 0.3) is 0 Å². The highest BCUT2D eigenvalue weighted by Gasteiger charge is 2.13. The molecule has 26 heavy (non-hydrogen) atoms. The van der Waals surface area contributed by atoms with Crippen molar-refractivity contribution in [2.45, 2.75) is 6.42 Å². The molecule has 4 nitrogen and oxygen atoms in total. The summed E-state index contributed by atoms with van der Waals surface area (Å²) >= 11 is 7.31. The molecular formula is C19H13ClFN3OS. The number of benzene rings is 2. The minimum Gasteiger partial charge on any atom is -0.326 e. The average Bonchev–Trinajstić information content (AvgIpc) is 3.20. The summed E-state index contributed by atoms with van der Waals surface area (Å²) in [6, 6.07) is 13.2. The maximum Gasteiger partial charge on any atom is 0.230 e. The van der Waals surface area contributed by atoms with E-state index in [1.807, 2.05) is 16.0 Å². The van der Waals surface area contributed by atoms with Crippen LogP contribution in [0.4, 0.5) is 10.1 Å². The van der Waals surface area contributed by atoms with E-state index in [2.05, 4.69) is 10.3 Å². The number of aromatic nitrogens is 2. The molecule has 0 bridgehead atoms. The number of halogens is 2. The number of fused-ring (bicyclic) bond motifs is 1. The highest BCUT2D eigenvalue weighted by molar-refractivity contribution is 7.15. The first-order chi connectivity index (χ1) is 12.6. The lowest BCUT2D eigenvalue weighted by atomic mass is 10.2. The van der Waals surface area contributed by atoms with Gasteiger partial charge in [0.05, 0.1) is 12.1 Å². The number of amides is 1. The highest BCUT2D eigenvalue weighted by atomic mass is 35.5. The van der Waals surface area contributed by atoms with E-state index in [9.17, 15) is 9.18 Å². The third-order valence-corrected chi connectivity index (χ3v) is 5.03. The lowest BCUT2D eigenvalue weighted by molar-refractivity contribution is -0.115. The molecule has 0 spiro atoms. The van der Waals surface area contributed by atoms with E-state index < -0.39 is 0 Å². The zero-order chi connectivity index (χ0) is 18.1. The maximum absolute atomic E-state index is 13.1. The molecule has 7 heteroatoms. The Morgan fingerprint density at radius 3 is 2.62 bits per heavy atom. The van der Waals surface area contributed by atoms with Gasteiger partial charge in [-0.1, -0.05) is 11.6 Å². The number of nitrogens with one attached hydrogen (secondary N) is 1. The zero-order valence-electron chi connectivity index (χ0n) is 13.4. The maximum atomic E-state index is 13.1. The molecule has 2 aromatic carbocycles. The molecule has 1 N–H and O–H groups in total. The van der Waals surface area contributed by atoms with Gasteiger partial charge in [-0.15, -0.1) is 11.3 Å². The first-order valence-corrected chi connectivity index (χ1v) is 9.11. The van der Waals surface area contributed by atoms with Crippen LogP contribution in [0.1, 0.15) is 5.69 Å². The minimum atomic E-state index is -0.283. The van der Waals surface area contributed by atoms with Crippen molar-refractivity contribution < 1.29 is 9.18 Å². The van der Waals surface area contributed by atoms with E-state index in [-0.39, 0.29) is 18.1 Å². The molecule has 0 saturated carbocycles. The smallest absolute Gasteiger partial charge is 0.230 e. The van der Waals surface area contributed by atoms with E-state index in [1.165, 1.54) is 23.5 Å². The lowest BCUT2D eigenvalue weighted by Crippen LogP contribution is -2.15. The van der Waals surface area contributed by atoms with Crippen LogP contribution in [0.5, 0.6) is 0 Å². The zero-order valence-corrected chi connectivity index (χ0v) is 15.0. The molecule has 0 aliphatic heterocycles. The second kappa shape index (κ2) is 6.90. The fourth-order valence-corrected chi connectivity index (χ4v) is 3.62. The normalized spacial score (nSPS) is 11.0. The summed E-state index contributed by atoms with van der Waals surface area (Å²) in [5, 5.41) is 5.38. The molecule has 130 valence electrons. The Balaban J connectivity index is 1.54. The molecule has 0 atom stereocenters. The predicted molar refractivity (Wildman–Crippen MR) is 102 cm³/mol. The Morgan fingerprint density at radius 2 is 1.88 bits per heavy atom. The highest BCUT2D eigenvalue weighted by Crippen LogP contribution is 2.24. The van der Waals surface area contributed by atoms with Crippen molar-refractivity contribution in [2.24, 2.45) is 0 Å². The Morgan fingerprint density at radius 1 is 1.15 bits per heavy atom. The third-order valence-electron chi connectivity index (χ3n) is 3.89. The van der Waals surface area contributed by atoms with Gasteiger partial charge in [-0.3, -0.25) is 9.20 Å². The van der Waals surface area contributed by atoms with E-state index >= 15 is 0 Å². The molecule has 0 aliphatic carbocycles. The fraction of sp³-hybridized carbons (Fsp3) is 0.0526. The molecule has 0 radical (unpaired) electrons. The van der Waals surface area contributed by atoms with Crippen LogP contribution in [-0.4, -0.2) is 15.3 Å². The fourth-order valence-electron chi connectivity index (χ4n) is 2.62. The summed E-state index contributed by atoms with van der Waals surface area (Å²) < 4.78 is 15.0. The van der Waals surface area contributed by atoms with Crippen molar-refractivity contribution in [3.63, 3.8) is 0 Å². The van der Waals surface area contributed by atoms with Crippen molar-refractivity contribution in [1.29, 1.82) is 0 Å². The number of imidazole rings is 1. The van der Waals surface area contributed by atoms with Crippen molar-refractivity contribution in [3.8, 4) is 11.3 Å². The van der Waals surface area contributed by atoms with Gasteiger partial charge in [-0.2, -0.15) is 0 Å². The van der Waals surface area contributed by atoms with Crippen LogP contribution in [0.15, 0.2) is 60.1 Å². The van der Waals surface area contributed by atoms with Crippen LogP contribution >= 0.6 is 22.9 Å². The largest absolute Gasteiger partial charge is 0.326 e. The van der Waals surface area contributed by atoms with Gasteiger partial charge in [0.2, 0.25) is 5.91 Å². The van der Waals surface area contributed by atoms with Gasteiger partial charge < -0.3 is 5.32 Å². The second-order valence-electron chi connectivity index (χ2n) is 5.74. The number of hydrogen-bond donors (Lipinski definition) is 1. The number of carbonyl (C=O) groups is 1. The number of nitrogens with zero attached hydrogens (tertiary/aromatic N) is 2. The summed E-state index contributed by atoms with van der Waals surface area (Å²) in [4.78, 5) is 17.6. The molecule has 2 heterocycles. The van der Waals surface area contributed by atoms with Crippen molar-refractivity contribution in [2.75, 3.05) is 5.32 Å². The Bertz CT molecular complexity index is 1070. The van der Waals surface area contributed by atoms with Gasteiger partial charge in [-0.05, 0) is 48.5 Å². The second-order valence-corrected chi connectivity index (χ2v) is 7.02. The summed E-state index contributed by atoms with van der Waals surface area (Å²) in [6.07, 6.45) is 2.09. The van der Waals surface area contributed by atoms with Crippen LogP contribution < -0.4 is 5.32 Å². The molecule has 0 saturated heterocycles. The molecule has 4 rings (SSSR count). The molecule has 1 amide bonds. The third kappa shape index (κ3) is 3.47. The molecule has 4 aromatic rings. The monoisotopic (exact) mass is 385 g/mol. The number of hydrogen-bond acceptors (Lipinski definition) is 3. The van der Waals surface area contributed by atoms with E-state index in [0.29, 0.717) is 10.7 Å². The van der Waals surface area contributed by atoms with E-state index in [0.717, 1.165) is 21.9 Å². The molecular weight excluding hydrogens is 373 g/mol. The quantitative estimate of drug-likeness (QED) is 0.535.